The van der Waals surface area contributed by atoms with Crippen LogP contribution in [0.1, 0.15) is 18.3 Å². The first kappa shape index (κ1) is 7.06. The lowest BCUT2D eigenvalue weighted by molar-refractivity contribution is 0.737. The number of aromatic nitrogens is 2. The van der Waals surface area contributed by atoms with E-state index in [-0.39, 0.29) is 0 Å². The maximum atomic E-state index is 4.15. The molecular weight excluding hydrogens is 124 g/mol. The Morgan fingerprint density at radius 1 is 1.80 bits per heavy atom. The topological polar surface area (TPSA) is 17.8 Å². The monoisotopic (exact) mass is 136 g/mol. The van der Waals surface area contributed by atoms with E-state index in [0.29, 0.717) is 0 Å². The molecule has 54 valence electrons. The highest BCUT2D eigenvalue weighted by molar-refractivity contribution is 5.44. The van der Waals surface area contributed by atoms with Crippen LogP contribution in [-0.4, -0.2) is 9.55 Å². The van der Waals surface area contributed by atoms with Gasteiger partial charge >= 0.3 is 0 Å². The Bertz CT molecular complexity index is 235. The van der Waals surface area contributed by atoms with Crippen LogP contribution in [-0.2, 0) is 6.54 Å². The number of hydrogen-bond donors (Lipinski definition) is 0. The Morgan fingerprint density at radius 3 is 2.80 bits per heavy atom. The second-order valence-electron chi connectivity index (χ2n) is 2.21. The van der Waals surface area contributed by atoms with Gasteiger partial charge in [-0.2, -0.15) is 0 Å². The summed E-state index contributed by atoms with van der Waals surface area (Å²) in [6.45, 7) is 8.79. The molecule has 1 heterocycles. The van der Waals surface area contributed by atoms with Gasteiger partial charge < -0.3 is 4.57 Å². The summed E-state index contributed by atoms with van der Waals surface area (Å²) in [5, 5.41) is 0. The highest BCUT2D eigenvalue weighted by Gasteiger charge is 1.98. The average Bonchev–Trinajstić information content (AvgIpc) is 2.30. The molecule has 2 nitrogen and oxygen atoms in total. The third kappa shape index (κ3) is 0.967. The Balaban J connectivity index is 3.08. The minimum Gasteiger partial charge on any atom is -0.335 e. The smallest absolute Gasteiger partial charge is 0.0955 e. The zero-order valence-corrected chi connectivity index (χ0v) is 6.46. The first-order chi connectivity index (χ1) is 4.79. The van der Waals surface area contributed by atoms with Gasteiger partial charge in [0.1, 0.15) is 0 Å². The Morgan fingerprint density at radius 2 is 2.50 bits per heavy atom. The van der Waals surface area contributed by atoms with Gasteiger partial charge in [0.25, 0.3) is 0 Å². The third-order valence-corrected chi connectivity index (χ3v) is 1.67. The molecule has 1 aromatic rings. The van der Waals surface area contributed by atoms with Crippen molar-refractivity contribution in [2.75, 3.05) is 0 Å². The first-order valence-corrected chi connectivity index (χ1v) is 3.43. The maximum absolute atomic E-state index is 4.15. The number of hydrogen-bond acceptors (Lipinski definition) is 1. The minimum atomic E-state index is 0.979. The molecule has 1 aromatic heterocycles. The van der Waals surface area contributed by atoms with Gasteiger partial charge in [0.2, 0.25) is 0 Å². The zero-order valence-electron chi connectivity index (χ0n) is 6.46. The van der Waals surface area contributed by atoms with E-state index in [1.54, 1.807) is 6.08 Å². The van der Waals surface area contributed by atoms with Crippen molar-refractivity contribution in [3.63, 3.8) is 0 Å². The molecule has 0 aromatic carbocycles. The Hall–Kier alpha value is -1.05. The van der Waals surface area contributed by atoms with Gasteiger partial charge in [0.15, 0.2) is 0 Å². The van der Waals surface area contributed by atoms with Gasteiger partial charge in [0.05, 0.1) is 12.0 Å². The molecule has 0 N–H and O–H groups in total. The summed E-state index contributed by atoms with van der Waals surface area (Å²) in [5.41, 5.74) is 2.18. The van der Waals surface area contributed by atoms with Gasteiger partial charge in [-0.15, -0.1) is 0 Å². The van der Waals surface area contributed by atoms with E-state index in [1.165, 1.54) is 5.69 Å². The largest absolute Gasteiger partial charge is 0.335 e. The van der Waals surface area contributed by atoms with Crippen molar-refractivity contribution in [3.05, 3.63) is 24.3 Å². The summed E-state index contributed by atoms with van der Waals surface area (Å²) in [4.78, 5) is 4.15. The van der Waals surface area contributed by atoms with Crippen molar-refractivity contribution in [3.8, 4) is 0 Å². The molecule has 0 fully saturated rings. The van der Waals surface area contributed by atoms with Crippen molar-refractivity contribution >= 4 is 6.08 Å². The molecule has 2 heteroatoms. The van der Waals surface area contributed by atoms with Gasteiger partial charge in [-0.1, -0.05) is 6.58 Å². The number of rotatable bonds is 2. The van der Waals surface area contributed by atoms with Crippen LogP contribution in [0, 0.1) is 6.92 Å². The summed E-state index contributed by atoms with van der Waals surface area (Å²) in [7, 11) is 0. The summed E-state index contributed by atoms with van der Waals surface area (Å²) in [5.74, 6) is 0. The minimum absolute atomic E-state index is 0.979. The van der Waals surface area contributed by atoms with Gasteiger partial charge in [-0.25, -0.2) is 4.98 Å². The molecule has 0 aliphatic rings. The normalized spacial score (nSPS) is 9.80. The van der Waals surface area contributed by atoms with Crippen LogP contribution in [0.4, 0.5) is 0 Å². The van der Waals surface area contributed by atoms with Crippen LogP contribution in [0.3, 0.4) is 0 Å². The van der Waals surface area contributed by atoms with Gasteiger partial charge in [-0.05, 0) is 19.9 Å². The number of imidazole rings is 1. The van der Waals surface area contributed by atoms with E-state index in [1.807, 2.05) is 13.3 Å². The Labute approximate surface area is 61.2 Å². The highest BCUT2D eigenvalue weighted by atomic mass is 15.0. The molecular formula is C8H12N2. The van der Waals surface area contributed by atoms with E-state index < -0.39 is 0 Å². The summed E-state index contributed by atoms with van der Waals surface area (Å²) in [6, 6.07) is 0. The Kier molecular flexibility index (Phi) is 1.90. The van der Waals surface area contributed by atoms with Crippen molar-refractivity contribution in [1.29, 1.82) is 0 Å². The number of aryl methyl sites for hydroxylation is 1. The second kappa shape index (κ2) is 2.69. The molecule has 0 saturated carbocycles. The van der Waals surface area contributed by atoms with Crippen LogP contribution in [0.15, 0.2) is 12.9 Å². The van der Waals surface area contributed by atoms with Crippen LogP contribution in [0.5, 0.6) is 0 Å². The fourth-order valence-electron chi connectivity index (χ4n) is 0.978. The lowest BCUT2D eigenvalue weighted by atomic mass is 10.3. The number of nitrogens with zero attached hydrogens (tertiary/aromatic N) is 2. The molecule has 0 atom stereocenters. The fourth-order valence-corrected chi connectivity index (χ4v) is 0.978. The van der Waals surface area contributed by atoms with Crippen LogP contribution in [0.2, 0.25) is 0 Å². The molecule has 1 rings (SSSR count). The van der Waals surface area contributed by atoms with E-state index in [0.717, 1.165) is 12.2 Å². The van der Waals surface area contributed by atoms with Crippen LogP contribution in [0.25, 0.3) is 6.08 Å². The van der Waals surface area contributed by atoms with Crippen molar-refractivity contribution in [1.82, 2.24) is 9.55 Å². The lowest BCUT2D eigenvalue weighted by Crippen LogP contribution is -1.93. The highest BCUT2D eigenvalue weighted by Crippen LogP contribution is 2.05. The molecule has 10 heavy (non-hydrogen) atoms. The lowest BCUT2D eigenvalue weighted by Gasteiger charge is -1.97. The van der Waals surface area contributed by atoms with Crippen molar-refractivity contribution in [2.24, 2.45) is 0 Å². The van der Waals surface area contributed by atoms with Crippen LogP contribution >= 0.6 is 0 Å². The van der Waals surface area contributed by atoms with Crippen LogP contribution < -0.4 is 0 Å². The fraction of sp³-hybridized carbons (Fsp3) is 0.375. The molecule has 0 bridgehead atoms. The molecule has 0 unspecified atom stereocenters. The molecule has 0 spiro atoms. The first-order valence-electron chi connectivity index (χ1n) is 3.43. The summed E-state index contributed by atoms with van der Waals surface area (Å²) < 4.78 is 2.09. The molecule has 0 amide bonds. The molecule has 0 aliphatic heterocycles. The molecule has 0 radical (unpaired) electrons. The maximum Gasteiger partial charge on any atom is 0.0955 e. The summed E-state index contributed by atoms with van der Waals surface area (Å²) >= 11 is 0. The van der Waals surface area contributed by atoms with E-state index in [2.05, 4.69) is 23.1 Å². The van der Waals surface area contributed by atoms with Crippen molar-refractivity contribution < 1.29 is 0 Å². The SMILES string of the molecule is C=Cc1ncn(CC)c1C. The van der Waals surface area contributed by atoms with Gasteiger partial charge in [0, 0.05) is 12.2 Å². The predicted octanol–water partition coefficient (Wildman–Crippen LogP) is 1.85. The summed E-state index contributed by atoms with van der Waals surface area (Å²) in [6.07, 6.45) is 3.62. The molecule has 0 saturated heterocycles. The van der Waals surface area contributed by atoms with Gasteiger partial charge in [-0.3, -0.25) is 0 Å². The average molecular weight is 136 g/mol. The van der Waals surface area contributed by atoms with Crippen molar-refractivity contribution in [2.45, 2.75) is 20.4 Å². The second-order valence-corrected chi connectivity index (χ2v) is 2.21. The standard InChI is InChI=1S/C8H12N2/c1-4-8-7(3)10(5-2)6-9-8/h4,6H,1,5H2,2-3H3. The van der Waals surface area contributed by atoms with E-state index in [4.69, 9.17) is 0 Å². The predicted molar refractivity (Wildman–Crippen MR) is 42.7 cm³/mol. The van der Waals surface area contributed by atoms with E-state index in [9.17, 15) is 0 Å². The quantitative estimate of drug-likeness (QED) is 0.606. The zero-order chi connectivity index (χ0) is 7.56. The molecule has 0 aliphatic carbocycles. The third-order valence-electron chi connectivity index (χ3n) is 1.67. The van der Waals surface area contributed by atoms with E-state index >= 15 is 0 Å².